The SMILES string of the molecule is Cc1cc(NC(=O)CN2CCN(C(=O)C3CCCN3S(=O)(=O)c3ccc(F)cc3)CC2)no1. The van der Waals surface area contributed by atoms with E-state index < -0.39 is 21.9 Å². The number of nitrogens with one attached hydrogen (secondary N) is 1. The van der Waals surface area contributed by atoms with E-state index in [1.165, 1.54) is 16.4 Å². The summed E-state index contributed by atoms with van der Waals surface area (Å²) in [5, 5.41) is 6.40. The lowest BCUT2D eigenvalue weighted by Crippen LogP contribution is -2.55. The number of benzene rings is 1. The van der Waals surface area contributed by atoms with Crippen molar-refractivity contribution in [1.29, 1.82) is 0 Å². The minimum atomic E-state index is -3.90. The van der Waals surface area contributed by atoms with Crippen molar-refractivity contribution >= 4 is 27.7 Å². The van der Waals surface area contributed by atoms with Crippen molar-refractivity contribution in [2.45, 2.75) is 30.7 Å². The predicted molar refractivity (Wildman–Crippen MR) is 116 cm³/mol. The summed E-state index contributed by atoms with van der Waals surface area (Å²) in [6.45, 7) is 3.92. The molecule has 2 amide bonds. The second-order valence-corrected chi connectivity index (χ2v) is 10.1. The summed E-state index contributed by atoms with van der Waals surface area (Å²) in [4.78, 5) is 28.9. The Bertz CT molecular complexity index is 1110. The predicted octanol–water partition coefficient (Wildman–Crippen LogP) is 1.06. The number of carbonyl (C=O) groups excluding carboxylic acids is 2. The number of aryl methyl sites for hydroxylation is 1. The summed E-state index contributed by atoms with van der Waals surface area (Å²) < 4.78 is 45.4. The third-order valence-electron chi connectivity index (χ3n) is 5.86. The first-order valence-electron chi connectivity index (χ1n) is 10.8. The molecule has 10 nitrogen and oxygen atoms in total. The molecule has 2 saturated heterocycles. The van der Waals surface area contributed by atoms with E-state index in [0.29, 0.717) is 50.6 Å². The average Bonchev–Trinajstić information content (AvgIpc) is 3.43. The molecule has 2 aliphatic heterocycles. The maximum atomic E-state index is 13.2. The summed E-state index contributed by atoms with van der Waals surface area (Å²) in [7, 11) is -3.90. The summed E-state index contributed by atoms with van der Waals surface area (Å²) >= 11 is 0. The van der Waals surface area contributed by atoms with E-state index in [-0.39, 0.29) is 29.8 Å². The highest BCUT2D eigenvalue weighted by molar-refractivity contribution is 7.89. The van der Waals surface area contributed by atoms with Crippen LogP contribution < -0.4 is 5.32 Å². The number of sulfonamides is 1. The zero-order valence-corrected chi connectivity index (χ0v) is 19.1. The van der Waals surface area contributed by atoms with Crippen molar-refractivity contribution in [1.82, 2.24) is 19.3 Å². The normalized spacial score (nSPS) is 20.2. The van der Waals surface area contributed by atoms with Crippen LogP contribution in [0.15, 0.2) is 39.8 Å². The molecule has 0 aliphatic carbocycles. The number of hydrogen-bond donors (Lipinski definition) is 1. The van der Waals surface area contributed by atoms with Crippen LogP contribution in [0.4, 0.5) is 10.2 Å². The maximum Gasteiger partial charge on any atom is 0.243 e. The molecular formula is C21H26FN5O5S. The van der Waals surface area contributed by atoms with Crippen molar-refractivity contribution in [2.75, 3.05) is 44.6 Å². The third-order valence-corrected chi connectivity index (χ3v) is 7.78. The first-order valence-corrected chi connectivity index (χ1v) is 12.2. The Labute approximate surface area is 191 Å². The summed E-state index contributed by atoms with van der Waals surface area (Å²) in [5.41, 5.74) is 0. The van der Waals surface area contributed by atoms with E-state index in [4.69, 9.17) is 4.52 Å². The molecule has 1 unspecified atom stereocenters. The first kappa shape index (κ1) is 23.3. The molecular weight excluding hydrogens is 453 g/mol. The van der Waals surface area contributed by atoms with Crippen LogP contribution in [0.3, 0.4) is 0 Å². The van der Waals surface area contributed by atoms with Crippen LogP contribution in [0, 0.1) is 12.7 Å². The topological polar surface area (TPSA) is 116 Å². The molecule has 4 rings (SSSR count). The molecule has 0 spiro atoms. The molecule has 12 heteroatoms. The Morgan fingerprint density at radius 3 is 2.48 bits per heavy atom. The molecule has 2 fully saturated rings. The maximum absolute atomic E-state index is 13.2. The smallest absolute Gasteiger partial charge is 0.243 e. The van der Waals surface area contributed by atoms with Gasteiger partial charge >= 0.3 is 0 Å². The Morgan fingerprint density at radius 1 is 1.15 bits per heavy atom. The average molecular weight is 480 g/mol. The van der Waals surface area contributed by atoms with E-state index >= 15 is 0 Å². The number of piperazine rings is 1. The molecule has 0 bridgehead atoms. The van der Waals surface area contributed by atoms with Gasteiger partial charge < -0.3 is 14.7 Å². The van der Waals surface area contributed by atoms with Crippen molar-refractivity contribution in [3.63, 3.8) is 0 Å². The Balaban J connectivity index is 1.33. The standard InChI is InChI=1S/C21H26FN5O5S/c1-15-13-19(24-32-15)23-20(28)14-25-9-11-26(12-10-25)21(29)18-3-2-8-27(18)33(30,31)17-6-4-16(22)5-7-17/h4-7,13,18H,2-3,8-12,14H2,1H3,(H,23,24,28). The van der Waals surface area contributed by atoms with E-state index in [9.17, 15) is 22.4 Å². The number of amides is 2. The zero-order chi connectivity index (χ0) is 23.6. The number of hydrogen-bond acceptors (Lipinski definition) is 7. The van der Waals surface area contributed by atoms with Crippen molar-refractivity contribution in [2.24, 2.45) is 0 Å². The van der Waals surface area contributed by atoms with Gasteiger partial charge in [-0.2, -0.15) is 4.31 Å². The van der Waals surface area contributed by atoms with Crippen LogP contribution in [0.25, 0.3) is 0 Å². The quantitative estimate of drug-likeness (QED) is 0.659. The number of aromatic nitrogens is 1. The fraction of sp³-hybridized carbons (Fsp3) is 0.476. The number of rotatable bonds is 6. The van der Waals surface area contributed by atoms with Gasteiger partial charge in [0.25, 0.3) is 0 Å². The largest absolute Gasteiger partial charge is 0.360 e. The Kier molecular flexibility index (Phi) is 6.77. The summed E-state index contributed by atoms with van der Waals surface area (Å²) in [6, 6.07) is 5.48. The Morgan fingerprint density at radius 2 is 1.85 bits per heavy atom. The lowest BCUT2D eigenvalue weighted by molar-refractivity contribution is -0.136. The van der Waals surface area contributed by atoms with Crippen LogP contribution in [-0.2, 0) is 19.6 Å². The van der Waals surface area contributed by atoms with E-state index in [1.54, 1.807) is 17.9 Å². The number of nitrogens with zero attached hydrogens (tertiary/aromatic N) is 4. The molecule has 0 radical (unpaired) electrons. The molecule has 33 heavy (non-hydrogen) atoms. The van der Waals surface area contributed by atoms with Crippen LogP contribution in [-0.4, -0.2) is 84.8 Å². The highest BCUT2D eigenvalue weighted by Gasteiger charge is 2.41. The van der Waals surface area contributed by atoms with Crippen molar-refractivity contribution in [3.8, 4) is 0 Å². The van der Waals surface area contributed by atoms with Gasteiger partial charge in [-0.1, -0.05) is 5.16 Å². The fourth-order valence-corrected chi connectivity index (χ4v) is 5.82. The minimum Gasteiger partial charge on any atom is -0.360 e. The van der Waals surface area contributed by atoms with E-state index in [1.807, 2.05) is 4.90 Å². The lowest BCUT2D eigenvalue weighted by Gasteiger charge is -2.36. The van der Waals surface area contributed by atoms with Gasteiger partial charge in [0.1, 0.15) is 17.6 Å². The molecule has 0 saturated carbocycles. The lowest BCUT2D eigenvalue weighted by atomic mass is 10.2. The summed E-state index contributed by atoms with van der Waals surface area (Å²) in [6.07, 6.45) is 1.03. The second-order valence-electron chi connectivity index (χ2n) is 8.20. The summed E-state index contributed by atoms with van der Waals surface area (Å²) in [5.74, 6) is -0.0312. The highest BCUT2D eigenvalue weighted by Crippen LogP contribution is 2.27. The van der Waals surface area contributed by atoms with Crippen LogP contribution in [0.2, 0.25) is 0 Å². The molecule has 1 aromatic carbocycles. The number of carbonyl (C=O) groups is 2. The zero-order valence-electron chi connectivity index (χ0n) is 18.2. The third kappa shape index (κ3) is 5.23. The van der Waals surface area contributed by atoms with Gasteiger partial charge in [0.05, 0.1) is 11.4 Å². The molecule has 1 N–H and O–H groups in total. The van der Waals surface area contributed by atoms with Gasteiger partial charge in [0, 0.05) is 38.8 Å². The molecule has 178 valence electrons. The van der Waals surface area contributed by atoms with Gasteiger partial charge in [-0.15, -0.1) is 0 Å². The van der Waals surface area contributed by atoms with Gasteiger partial charge in [0.2, 0.25) is 21.8 Å². The van der Waals surface area contributed by atoms with Gasteiger partial charge in [-0.3, -0.25) is 14.5 Å². The monoisotopic (exact) mass is 479 g/mol. The molecule has 1 atom stereocenters. The number of halogens is 1. The molecule has 1 aromatic heterocycles. The van der Waals surface area contributed by atoms with E-state index in [0.717, 1.165) is 12.1 Å². The van der Waals surface area contributed by atoms with Gasteiger partial charge in [-0.25, -0.2) is 12.8 Å². The van der Waals surface area contributed by atoms with Crippen molar-refractivity contribution < 1.29 is 26.9 Å². The first-order chi connectivity index (χ1) is 15.7. The molecule has 2 aliphatic rings. The minimum absolute atomic E-state index is 0.0262. The van der Waals surface area contributed by atoms with E-state index in [2.05, 4.69) is 10.5 Å². The van der Waals surface area contributed by atoms with Crippen LogP contribution >= 0.6 is 0 Å². The van der Waals surface area contributed by atoms with Crippen molar-refractivity contribution in [3.05, 3.63) is 41.9 Å². The molecule has 3 heterocycles. The highest BCUT2D eigenvalue weighted by atomic mass is 32.2. The van der Waals surface area contributed by atoms with Gasteiger partial charge in [0.15, 0.2) is 5.82 Å². The van der Waals surface area contributed by atoms with Gasteiger partial charge in [-0.05, 0) is 44.0 Å². The van der Waals surface area contributed by atoms with Crippen LogP contribution in [0.1, 0.15) is 18.6 Å². The second kappa shape index (κ2) is 9.57. The Hall–Kier alpha value is -2.83. The fourth-order valence-electron chi connectivity index (χ4n) is 4.16. The number of anilines is 1. The van der Waals surface area contributed by atoms with Crippen LogP contribution in [0.5, 0.6) is 0 Å². The molecule has 2 aromatic rings.